The molecule has 0 aliphatic rings. The minimum absolute atomic E-state index is 0.0169. The number of aliphatic carboxylic acids is 1. The lowest BCUT2D eigenvalue weighted by molar-refractivity contribution is -0.136. The Morgan fingerprint density at radius 3 is 1.95 bits per heavy atom. The molecule has 2 rings (SSSR count). The summed E-state index contributed by atoms with van der Waals surface area (Å²) in [6, 6.07) is 13.3. The van der Waals surface area contributed by atoms with Crippen molar-refractivity contribution < 1.29 is 24.5 Å². The SMILES string of the molecule is O=C(O)Cc1ccc(OCc2ccc(C(=O)O)cc2)cc1. The van der Waals surface area contributed by atoms with Gasteiger partial charge in [-0.3, -0.25) is 4.79 Å². The highest BCUT2D eigenvalue weighted by atomic mass is 16.5. The Labute approximate surface area is 121 Å². The van der Waals surface area contributed by atoms with Crippen molar-refractivity contribution in [1.29, 1.82) is 0 Å². The summed E-state index contributed by atoms with van der Waals surface area (Å²) >= 11 is 0. The number of rotatable bonds is 6. The van der Waals surface area contributed by atoms with Crippen LogP contribution in [0.1, 0.15) is 21.5 Å². The molecule has 0 bridgehead atoms. The molecule has 0 heterocycles. The Hall–Kier alpha value is -2.82. The molecule has 0 aliphatic heterocycles. The second-order valence-corrected chi connectivity index (χ2v) is 4.51. The van der Waals surface area contributed by atoms with Crippen LogP contribution in [0.4, 0.5) is 0 Å². The topological polar surface area (TPSA) is 83.8 Å². The molecule has 0 radical (unpaired) electrons. The van der Waals surface area contributed by atoms with Gasteiger partial charge in [-0.25, -0.2) is 4.79 Å². The molecule has 0 saturated carbocycles. The van der Waals surface area contributed by atoms with Gasteiger partial charge >= 0.3 is 11.9 Å². The first kappa shape index (κ1) is 14.6. The van der Waals surface area contributed by atoms with Gasteiger partial charge in [0.15, 0.2) is 0 Å². The average Bonchev–Trinajstić information content (AvgIpc) is 2.46. The number of aromatic carboxylic acids is 1. The van der Waals surface area contributed by atoms with E-state index in [9.17, 15) is 9.59 Å². The Morgan fingerprint density at radius 1 is 0.857 bits per heavy atom. The van der Waals surface area contributed by atoms with Gasteiger partial charge in [0, 0.05) is 0 Å². The Morgan fingerprint density at radius 2 is 1.43 bits per heavy atom. The quantitative estimate of drug-likeness (QED) is 0.852. The molecule has 5 heteroatoms. The lowest BCUT2D eigenvalue weighted by atomic mass is 10.1. The molecule has 108 valence electrons. The molecule has 0 fully saturated rings. The molecule has 2 aromatic carbocycles. The van der Waals surface area contributed by atoms with Crippen molar-refractivity contribution >= 4 is 11.9 Å². The van der Waals surface area contributed by atoms with Crippen molar-refractivity contribution in [3.05, 3.63) is 65.2 Å². The fourth-order valence-electron chi connectivity index (χ4n) is 1.79. The first-order valence-electron chi connectivity index (χ1n) is 6.30. The molecule has 5 nitrogen and oxygen atoms in total. The normalized spacial score (nSPS) is 10.1. The van der Waals surface area contributed by atoms with Gasteiger partial charge in [0.05, 0.1) is 12.0 Å². The van der Waals surface area contributed by atoms with Crippen LogP contribution < -0.4 is 4.74 Å². The fraction of sp³-hybridized carbons (Fsp3) is 0.125. The van der Waals surface area contributed by atoms with E-state index in [-0.39, 0.29) is 12.0 Å². The second kappa shape index (κ2) is 6.56. The summed E-state index contributed by atoms with van der Waals surface area (Å²) < 4.78 is 5.56. The second-order valence-electron chi connectivity index (χ2n) is 4.51. The molecule has 2 N–H and O–H groups in total. The van der Waals surface area contributed by atoms with Crippen molar-refractivity contribution in [3.63, 3.8) is 0 Å². The van der Waals surface area contributed by atoms with Crippen LogP contribution in [0.25, 0.3) is 0 Å². The molecule has 0 atom stereocenters. The van der Waals surface area contributed by atoms with Crippen molar-refractivity contribution in [1.82, 2.24) is 0 Å². The highest BCUT2D eigenvalue weighted by Gasteiger charge is 2.03. The minimum Gasteiger partial charge on any atom is -0.489 e. The van der Waals surface area contributed by atoms with Crippen LogP contribution in [0.3, 0.4) is 0 Å². The van der Waals surface area contributed by atoms with E-state index in [1.54, 1.807) is 36.4 Å². The van der Waals surface area contributed by atoms with Gasteiger partial charge in [0.2, 0.25) is 0 Å². The number of benzene rings is 2. The van der Waals surface area contributed by atoms with Crippen LogP contribution in [0.2, 0.25) is 0 Å². The van der Waals surface area contributed by atoms with Crippen LogP contribution in [-0.4, -0.2) is 22.2 Å². The fourth-order valence-corrected chi connectivity index (χ4v) is 1.79. The Balaban J connectivity index is 1.93. The molecule has 0 aromatic heterocycles. The molecule has 0 unspecified atom stereocenters. The highest BCUT2D eigenvalue weighted by molar-refractivity contribution is 5.87. The van der Waals surface area contributed by atoms with Gasteiger partial charge in [-0.1, -0.05) is 24.3 Å². The summed E-state index contributed by atoms with van der Waals surface area (Å²) in [4.78, 5) is 21.3. The number of carboxylic acids is 2. The third kappa shape index (κ3) is 4.35. The third-order valence-electron chi connectivity index (χ3n) is 2.89. The molecular weight excluding hydrogens is 272 g/mol. The Kier molecular flexibility index (Phi) is 4.56. The lowest BCUT2D eigenvalue weighted by Crippen LogP contribution is -2.00. The number of hydrogen-bond donors (Lipinski definition) is 2. The first-order chi connectivity index (χ1) is 10.0. The summed E-state index contributed by atoms with van der Waals surface area (Å²) in [7, 11) is 0. The third-order valence-corrected chi connectivity index (χ3v) is 2.89. The number of ether oxygens (including phenoxy) is 1. The number of carbonyl (C=O) groups is 2. The van der Waals surface area contributed by atoms with Crippen LogP contribution in [0.5, 0.6) is 5.75 Å². The van der Waals surface area contributed by atoms with Crippen molar-refractivity contribution in [2.75, 3.05) is 0 Å². The van der Waals surface area contributed by atoms with E-state index in [1.807, 2.05) is 0 Å². The largest absolute Gasteiger partial charge is 0.489 e. The maximum Gasteiger partial charge on any atom is 0.335 e. The zero-order chi connectivity index (χ0) is 15.2. The maximum absolute atomic E-state index is 10.7. The van der Waals surface area contributed by atoms with E-state index >= 15 is 0 Å². The highest BCUT2D eigenvalue weighted by Crippen LogP contribution is 2.15. The molecule has 0 aliphatic carbocycles. The summed E-state index contributed by atoms with van der Waals surface area (Å²) in [6.45, 7) is 0.318. The zero-order valence-corrected chi connectivity index (χ0v) is 11.2. The summed E-state index contributed by atoms with van der Waals surface area (Å²) in [5.41, 5.74) is 1.80. The van der Waals surface area contributed by atoms with E-state index in [1.165, 1.54) is 12.1 Å². The van der Waals surface area contributed by atoms with Gasteiger partial charge in [-0.15, -0.1) is 0 Å². The van der Waals surface area contributed by atoms with E-state index in [4.69, 9.17) is 14.9 Å². The minimum atomic E-state index is -0.962. The summed E-state index contributed by atoms with van der Waals surface area (Å²) in [5, 5.41) is 17.5. The van der Waals surface area contributed by atoms with Gasteiger partial charge in [-0.05, 0) is 35.4 Å². The standard InChI is InChI=1S/C16H14O5/c17-15(18)9-11-3-7-14(8-4-11)21-10-12-1-5-13(6-2-12)16(19)20/h1-8H,9-10H2,(H,17,18)(H,19,20). The molecule has 0 saturated heterocycles. The molecule has 0 spiro atoms. The first-order valence-corrected chi connectivity index (χ1v) is 6.30. The molecule has 2 aromatic rings. The molecule has 0 amide bonds. The van der Waals surface area contributed by atoms with Gasteiger partial charge < -0.3 is 14.9 Å². The monoisotopic (exact) mass is 286 g/mol. The number of hydrogen-bond acceptors (Lipinski definition) is 3. The van der Waals surface area contributed by atoms with Gasteiger partial charge in [0.1, 0.15) is 12.4 Å². The van der Waals surface area contributed by atoms with E-state index < -0.39 is 11.9 Å². The Bertz CT molecular complexity index is 629. The molecule has 21 heavy (non-hydrogen) atoms. The predicted molar refractivity (Wildman–Crippen MR) is 75.5 cm³/mol. The van der Waals surface area contributed by atoms with Crippen molar-refractivity contribution in [2.24, 2.45) is 0 Å². The number of carboxylic acid groups (broad SMARTS) is 2. The van der Waals surface area contributed by atoms with E-state index in [0.717, 1.165) is 5.56 Å². The zero-order valence-electron chi connectivity index (χ0n) is 11.2. The van der Waals surface area contributed by atoms with Crippen LogP contribution >= 0.6 is 0 Å². The van der Waals surface area contributed by atoms with Crippen LogP contribution in [0, 0.1) is 0 Å². The lowest BCUT2D eigenvalue weighted by Gasteiger charge is -2.07. The summed E-state index contributed by atoms with van der Waals surface area (Å²) in [6.07, 6.45) is -0.0169. The van der Waals surface area contributed by atoms with Crippen LogP contribution in [0.15, 0.2) is 48.5 Å². The smallest absolute Gasteiger partial charge is 0.335 e. The van der Waals surface area contributed by atoms with Gasteiger partial charge in [-0.2, -0.15) is 0 Å². The van der Waals surface area contributed by atoms with Crippen molar-refractivity contribution in [2.45, 2.75) is 13.0 Å². The van der Waals surface area contributed by atoms with Crippen molar-refractivity contribution in [3.8, 4) is 5.75 Å². The van der Waals surface area contributed by atoms with E-state index in [0.29, 0.717) is 17.9 Å². The van der Waals surface area contributed by atoms with E-state index in [2.05, 4.69) is 0 Å². The maximum atomic E-state index is 10.7. The molecular formula is C16H14O5. The predicted octanol–water partition coefficient (Wildman–Crippen LogP) is 2.59. The van der Waals surface area contributed by atoms with Crippen LogP contribution in [-0.2, 0) is 17.8 Å². The van der Waals surface area contributed by atoms with Gasteiger partial charge in [0.25, 0.3) is 0 Å². The average molecular weight is 286 g/mol. The summed E-state index contributed by atoms with van der Waals surface area (Å²) in [5.74, 6) is -1.20.